The van der Waals surface area contributed by atoms with Gasteiger partial charge >= 0.3 is 10.8 Å². The smallest absolute Gasteiger partial charge is 0.338 e. The second kappa shape index (κ2) is 11.8. The standard InChI is InChI=1S/C30H29N3O7S2/c1-2-39-29(37)18-6-10-19(11-7-18)33-27(35)23-22(24-26(31-30(38)42-24)41-25(23)28(33)36)17-8-12-20(13-9-17)40-16-21(34)32-14-4-3-5-15-32/h6-13,22-23,25H,2-5,14-16H2,1H3,(H,31,38). The predicted octanol–water partition coefficient (Wildman–Crippen LogP) is 3.80. The van der Waals surface area contributed by atoms with Gasteiger partial charge in [-0.2, -0.15) is 0 Å². The molecule has 42 heavy (non-hydrogen) atoms. The Bertz CT molecular complexity index is 1580. The first-order valence-electron chi connectivity index (χ1n) is 13.9. The summed E-state index contributed by atoms with van der Waals surface area (Å²) in [6.07, 6.45) is 3.15. The molecule has 0 saturated carbocycles. The number of H-pyrrole nitrogens is 1. The Kier molecular flexibility index (Phi) is 7.91. The summed E-state index contributed by atoms with van der Waals surface area (Å²) in [5, 5.41) is -0.146. The number of carbonyl (C=O) groups excluding carboxylic acids is 4. The lowest BCUT2D eigenvalue weighted by Gasteiger charge is -2.30. The van der Waals surface area contributed by atoms with E-state index >= 15 is 0 Å². The van der Waals surface area contributed by atoms with Gasteiger partial charge in [0.25, 0.3) is 5.91 Å². The van der Waals surface area contributed by atoms with Gasteiger partial charge in [-0.25, -0.2) is 9.69 Å². The van der Waals surface area contributed by atoms with Gasteiger partial charge in [0.1, 0.15) is 11.0 Å². The van der Waals surface area contributed by atoms with Crippen molar-refractivity contribution in [3.8, 4) is 5.75 Å². The molecule has 218 valence electrons. The van der Waals surface area contributed by atoms with Crippen molar-refractivity contribution in [1.82, 2.24) is 9.88 Å². The van der Waals surface area contributed by atoms with Crippen LogP contribution in [0.3, 0.4) is 0 Å². The number of esters is 1. The minimum Gasteiger partial charge on any atom is -0.484 e. The molecule has 3 atom stereocenters. The number of piperidine rings is 1. The molecule has 2 aromatic carbocycles. The molecule has 0 aliphatic carbocycles. The number of hydrogen-bond donors (Lipinski definition) is 1. The van der Waals surface area contributed by atoms with E-state index in [4.69, 9.17) is 9.47 Å². The highest BCUT2D eigenvalue weighted by Gasteiger charge is 2.56. The van der Waals surface area contributed by atoms with Crippen LogP contribution in [0.4, 0.5) is 5.69 Å². The number of thiazole rings is 1. The predicted molar refractivity (Wildman–Crippen MR) is 157 cm³/mol. The molecule has 6 rings (SSSR count). The molecular weight excluding hydrogens is 578 g/mol. The Morgan fingerprint density at radius 2 is 1.67 bits per heavy atom. The first-order chi connectivity index (χ1) is 20.4. The fourth-order valence-corrected chi connectivity index (χ4v) is 8.26. The van der Waals surface area contributed by atoms with Crippen molar-refractivity contribution in [2.75, 3.05) is 31.2 Å². The van der Waals surface area contributed by atoms with Gasteiger partial charge < -0.3 is 19.4 Å². The summed E-state index contributed by atoms with van der Waals surface area (Å²) < 4.78 is 10.8. The lowest BCUT2D eigenvalue weighted by Crippen LogP contribution is -2.38. The molecule has 1 aromatic heterocycles. The van der Waals surface area contributed by atoms with Crippen molar-refractivity contribution in [1.29, 1.82) is 0 Å². The lowest BCUT2D eigenvalue weighted by molar-refractivity contribution is -0.134. The molecule has 3 amide bonds. The molecule has 3 aromatic rings. The highest BCUT2D eigenvalue weighted by Crippen LogP contribution is 2.53. The number of aromatic amines is 1. The number of hydrogen-bond acceptors (Lipinski definition) is 9. The number of benzene rings is 2. The molecule has 2 fully saturated rings. The summed E-state index contributed by atoms with van der Waals surface area (Å²) in [5.74, 6) is -2.02. The average molecular weight is 608 g/mol. The summed E-state index contributed by atoms with van der Waals surface area (Å²) in [7, 11) is 0. The fourth-order valence-electron chi connectivity index (χ4n) is 5.74. The Morgan fingerprint density at radius 1 is 0.952 bits per heavy atom. The van der Waals surface area contributed by atoms with E-state index in [-0.39, 0.29) is 35.8 Å². The fraction of sp³-hybridized carbons (Fsp3) is 0.367. The van der Waals surface area contributed by atoms with Crippen LogP contribution in [0.15, 0.2) is 58.4 Å². The number of thioether (sulfide) groups is 1. The number of amides is 3. The van der Waals surface area contributed by atoms with Gasteiger partial charge in [0.2, 0.25) is 11.8 Å². The van der Waals surface area contributed by atoms with E-state index in [0.29, 0.717) is 26.9 Å². The summed E-state index contributed by atoms with van der Waals surface area (Å²) in [6.45, 7) is 3.41. The minimum atomic E-state index is -0.737. The molecule has 3 aliphatic rings. The monoisotopic (exact) mass is 607 g/mol. The zero-order valence-corrected chi connectivity index (χ0v) is 24.5. The van der Waals surface area contributed by atoms with Crippen LogP contribution in [0.25, 0.3) is 0 Å². The Hall–Kier alpha value is -3.90. The highest BCUT2D eigenvalue weighted by atomic mass is 32.2. The van der Waals surface area contributed by atoms with Gasteiger partial charge in [-0.1, -0.05) is 35.2 Å². The van der Waals surface area contributed by atoms with E-state index in [1.54, 1.807) is 31.2 Å². The van der Waals surface area contributed by atoms with Crippen LogP contribution < -0.4 is 14.5 Å². The van der Waals surface area contributed by atoms with Gasteiger partial charge in [0.05, 0.1) is 28.8 Å². The Labute approximate surface area is 250 Å². The molecule has 3 unspecified atom stereocenters. The third kappa shape index (κ3) is 5.24. The quantitative estimate of drug-likeness (QED) is 0.318. The zero-order valence-electron chi connectivity index (χ0n) is 22.9. The summed E-state index contributed by atoms with van der Waals surface area (Å²) in [4.78, 5) is 70.8. The number of likely N-dealkylation sites (tertiary alicyclic amines) is 1. The van der Waals surface area contributed by atoms with Crippen LogP contribution in [0.1, 0.15) is 52.9 Å². The average Bonchev–Trinajstić information content (AvgIpc) is 3.50. The van der Waals surface area contributed by atoms with Crippen molar-refractivity contribution in [3.05, 3.63) is 74.2 Å². The molecule has 0 radical (unpaired) electrons. The number of imide groups is 1. The van der Waals surface area contributed by atoms with Crippen molar-refractivity contribution in [2.45, 2.75) is 42.4 Å². The number of aromatic nitrogens is 1. The van der Waals surface area contributed by atoms with Crippen LogP contribution in [0.2, 0.25) is 0 Å². The van der Waals surface area contributed by atoms with Crippen molar-refractivity contribution in [3.63, 3.8) is 0 Å². The van der Waals surface area contributed by atoms with Crippen LogP contribution in [-0.4, -0.2) is 65.1 Å². The van der Waals surface area contributed by atoms with E-state index in [2.05, 4.69) is 4.98 Å². The van der Waals surface area contributed by atoms with Crippen molar-refractivity contribution < 1.29 is 28.7 Å². The first kappa shape index (κ1) is 28.2. The third-order valence-electron chi connectivity index (χ3n) is 7.77. The summed E-state index contributed by atoms with van der Waals surface area (Å²) >= 11 is 2.24. The van der Waals surface area contributed by atoms with Gasteiger partial charge in [0, 0.05) is 23.9 Å². The lowest BCUT2D eigenvalue weighted by atomic mass is 9.83. The molecule has 0 spiro atoms. The van der Waals surface area contributed by atoms with E-state index in [1.807, 2.05) is 17.0 Å². The van der Waals surface area contributed by atoms with Crippen LogP contribution >= 0.6 is 23.1 Å². The van der Waals surface area contributed by atoms with Crippen molar-refractivity contribution in [2.24, 2.45) is 5.92 Å². The third-order valence-corrected chi connectivity index (χ3v) is 10.2. The minimum absolute atomic E-state index is 0.0434. The van der Waals surface area contributed by atoms with Gasteiger partial charge in [0.15, 0.2) is 6.61 Å². The molecule has 2 saturated heterocycles. The van der Waals surface area contributed by atoms with E-state index in [1.165, 1.54) is 28.8 Å². The van der Waals surface area contributed by atoms with Gasteiger partial charge in [-0.3, -0.25) is 19.2 Å². The van der Waals surface area contributed by atoms with Crippen LogP contribution in [0, 0.1) is 5.92 Å². The Balaban J connectivity index is 1.25. The maximum Gasteiger partial charge on any atom is 0.338 e. The van der Waals surface area contributed by atoms with Gasteiger partial charge in [-0.15, -0.1) is 0 Å². The molecule has 12 heteroatoms. The van der Waals surface area contributed by atoms with E-state index in [9.17, 15) is 24.0 Å². The SMILES string of the molecule is CCOC(=O)c1ccc(N2C(=O)C3Sc4[nH]c(=O)sc4C(c4ccc(OCC(=O)N5CCCCC5)cc4)C3C2=O)cc1. The second-order valence-electron chi connectivity index (χ2n) is 10.3. The number of carbonyl (C=O) groups is 4. The largest absolute Gasteiger partial charge is 0.484 e. The topological polar surface area (TPSA) is 126 Å². The number of anilines is 1. The number of rotatable bonds is 7. The van der Waals surface area contributed by atoms with E-state index in [0.717, 1.165) is 49.3 Å². The molecule has 10 nitrogen and oxygen atoms in total. The maximum absolute atomic E-state index is 13.9. The zero-order chi connectivity index (χ0) is 29.4. The molecular formula is C30H29N3O7S2. The first-order valence-corrected chi connectivity index (χ1v) is 15.6. The molecule has 1 N–H and O–H groups in total. The second-order valence-corrected chi connectivity index (χ2v) is 12.5. The Morgan fingerprint density at radius 3 is 2.36 bits per heavy atom. The maximum atomic E-state index is 13.9. The number of fused-ring (bicyclic) bond motifs is 2. The summed E-state index contributed by atoms with van der Waals surface area (Å²) in [6, 6.07) is 13.3. The molecule has 4 heterocycles. The highest BCUT2D eigenvalue weighted by molar-refractivity contribution is 8.00. The van der Waals surface area contributed by atoms with Crippen LogP contribution in [0.5, 0.6) is 5.75 Å². The van der Waals surface area contributed by atoms with Crippen molar-refractivity contribution >= 4 is 52.5 Å². The number of nitrogens with zero attached hydrogens (tertiary/aromatic N) is 2. The number of ether oxygens (including phenoxy) is 2. The molecule has 3 aliphatic heterocycles. The normalized spacial score (nSPS) is 21.6. The molecule has 0 bridgehead atoms. The number of nitrogens with one attached hydrogen (secondary N) is 1. The summed E-state index contributed by atoms with van der Waals surface area (Å²) in [5.41, 5.74) is 1.45. The van der Waals surface area contributed by atoms with Gasteiger partial charge in [-0.05, 0) is 68.1 Å². The van der Waals surface area contributed by atoms with Crippen LogP contribution in [-0.2, 0) is 19.1 Å². The van der Waals surface area contributed by atoms with E-state index < -0.39 is 23.1 Å².